The van der Waals surface area contributed by atoms with Gasteiger partial charge < -0.3 is 10.3 Å². The fourth-order valence-electron chi connectivity index (χ4n) is 3.81. The Kier molecular flexibility index (Phi) is 6.58. The van der Waals surface area contributed by atoms with Crippen molar-refractivity contribution < 1.29 is 4.79 Å². The Morgan fingerprint density at radius 3 is 2.56 bits per heavy atom. The molecule has 1 amide bonds. The van der Waals surface area contributed by atoms with Gasteiger partial charge in [0.2, 0.25) is 5.91 Å². The number of rotatable bonds is 9. The molecule has 2 aromatic heterocycles. The molecular formula is C24H28N6O2. The van der Waals surface area contributed by atoms with Crippen molar-refractivity contribution in [2.24, 2.45) is 5.92 Å². The third-order valence-corrected chi connectivity index (χ3v) is 5.59. The number of hydrogen-bond acceptors (Lipinski definition) is 5. The van der Waals surface area contributed by atoms with Crippen LogP contribution in [0.5, 0.6) is 0 Å². The summed E-state index contributed by atoms with van der Waals surface area (Å²) in [5.74, 6) is 0.994. The Balaban J connectivity index is 1.27. The number of aromatic amines is 1. The van der Waals surface area contributed by atoms with Gasteiger partial charge in [0, 0.05) is 13.0 Å². The molecule has 0 bridgehead atoms. The maximum Gasteiger partial charge on any atom is 0.277 e. The quantitative estimate of drug-likeness (QED) is 0.392. The Hall–Kier alpha value is -3.55. The van der Waals surface area contributed by atoms with Crippen LogP contribution >= 0.6 is 0 Å². The predicted octanol–water partition coefficient (Wildman–Crippen LogP) is 3.74. The summed E-state index contributed by atoms with van der Waals surface area (Å²) >= 11 is 0. The molecule has 2 heterocycles. The Morgan fingerprint density at radius 1 is 1.03 bits per heavy atom. The van der Waals surface area contributed by atoms with Gasteiger partial charge in [0.1, 0.15) is 11.3 Å². The summed E-state index contributed by atoms with van der Waals surface area (Å²) < 4.78 is 1.40. The first kappa shape index (κ1) is 21.7. The molecule has 166 valence electrons. The largest absolute Gasteiger partial charge is 0.346 e. The van der Waals surface area contributed by atoms with Gasteiger partial charge in [0.25, 0.3) is 5.56 Å². The standard InChI is InChI=1S/C24H28N6O2/c1-16(2)22(23-25-19-12-7-8-13-20(19)26-23)27-21(31)14-4-3-9-15-30-24(32)17-10-5-6-11-18(17)28-29-30/h5-8,10-13,16,22H,3-4,9,14-15H2,1-2H3,(H,25,26)(H,27,31)/t22-/m0/s1. The Morgan fingerprint density at radius 2 is 1.78 bits per heavy atom. The highest BCUT2D eigenvalue weighted by Crippen LogP contribution is 2.22. The molecule has 0 aliphatic rings. The number of amides is 1. The Labute approximate surface area is 186 Å². The SMILES string of the molecule is CC(C)[C@H](NC(=O)CCCCCn1nnc2ccccc2c1=O)c1nc2ccccc2[nH]1. The molecule has 32 heavy (non-hydrogen) atoms. The van der Waals surface area contributed by atoms with Crippen molar-refractivity contribution in [3.63, 3.8) is 0 Å². The lowest BCUT2D eigenvalue weighted by Crippen LogP contribution is -2.32. The maximum atomic E-state index is 12.5. The van der Waals surface area contributed by atoms with Crippen LogP contribution < -0.4 is 10.9 Å². The molecule has 1 atom stereocenters. The summed E-state index contributed by atoms with van der Waals surface area (Å²) in [4.78, 5) is 33.0. The van der Waals surface area contributed by atoms with E-state index in [1.807, 2.05) is 36.4 Å². The van der Waals surface area contributed by atoms with Crippen LogP contribution in [0.1, 0.15) is 51.4 Å². The van der Waals surface area contributed by atoms with Crippen molar-refractivity contribution in [2.45, 2.75) is 52.1 Å². The van der Waals surface area contributed by atoms with E-state index in [2.05, 4.69) is 39.4 Å². The zero-order valence-corrected chi connectivity index (χ0v) is 18.4. The lowest BCUT2D eigenvalue weighted by molar-refractivity contribution is -0.122. The smallest absolute Gasteiger partial charge is 0.277 e. The van der Waals surface area contributed by atoms with E-state index in [4.69, 9.17) is 0 Å². The number of nitrogens with zero attached hydrogens (tertiary/aromatic N) is 4. The second-order valence-corrected chi connectivity index (χ2v) is 8.37. The number of imidazole rings is 1. The summed E-state index contributed by atoms with van der Waals surface area (Å²) in [6, 6.07) is 14.9. The summed E-state index contributed by atoms with van der Waals surface area (Å²) in [6.45, 7) is 4.63. The molecule has 0 unspecified atom stereocenters. The zero-order valence-electron chi connectivity index (χ0n) is 18.4. The first-order valence-corrected chi connectivity index (χ1v) is 11.1. The fraction of sp³-hybridized carbons (Fsp3) is 0.375. The van der Waals surface area contributed by atoms with Gasteiger partial charge in [-0.3, -0.25) is 9.59 Å². The minimum Gasteiger partial charge on any atom is -0.346 e. The first-order valence-electron chi connectivity index (χ1n) is 11.1. The fourth-order valence-corrected chi connectivity index (χ4v) is 3.81. The van der Waals surface area contributed by atoms with Gasteiger partial charge in [-0.15, -0.1) is 5.10 Å². The molecular weight excluding hydrogens is 404 g/mol. The van der Waals surface area contributed by atoms with Crippen LogP contribution in [-0.2, 0) is 11.3 Å². The van der Waals surface area contributed by atoms with E-state index >= 15 is 0 Å². The van der Waals surface area contributed by atoms with Crippen molar-refractivity contribution in [1.29, 1.82) is 0 Å². The van der Waals surface area contributed by atoms with E-state index in [0.717, 1.165) is 36.1 Å². The number of benzene rings is 2. The van der Waals surface area contributed by atoms with E-state index in [1.54, 1.807) is 12.1 Å². The number of carbonyl (C=O) groups is 1. The van der Waals surface area contributed by atoms with Gasteiger partial charge in [0.15, 0.2) is 0 Å². The highest BCUT2D eigenvalue weighted by molar-refractivity contribution is 5.78. The molecule has 2 N–H and O–H groups in total. The number of H-pyrrole nitrogens is 1. The molecule has 8 heteroatoms. The van der Waals surface area contributed by atoms with E-state index in [0.29, 0.717) is 23.9 Å². The van der Waals surface area contributed by atoms with E-state index in [9.17, 15) is 9.59 Å². The molecule has 4 aromatic rings. The van der Waals surface area contributed by atoms with Crippen molar-refractivity contribution in [1.82, 2.24) is 30.3 Å². The first-order chi connectivity index (χ1) is 15.5. The van der Waals surface area contributed by atoms with E-state index in [-0.39, 0.29) is 23.4 Å². The van der Waals surface area contributed by atoms with Gasteiger partial charge in [-0.2, -0.15) is 0 Å². The average Bonchev–Trinajstić information content (AvgIpc) is 3.22. The molecule has 0 aliphatic heterocycles. The van der Waals surface area contributed by atoms with Crippen molar-refractivity contribution in [3.05, 3.63) is 64.7 Å². The predicted molar refractivity (Wildman–Crippen MR) is 124 cm³/mol. The van der Waals surface area contributed by atoms with Crippen molar-refractivity contribution in [3.8, 4) is 0 Å². The van der Waals surface area contributed by atoms with Crippen LogP contribution in [0.15, 0.2) is 53.3 Å². The number of nitrogens with one attached hydrogen (secondary N) is 2. The minimum absolute atomic E-state index is 0.00631. The Bertz CT molecular complexity index is 1240. The normalized spacial score (nSPS) is 12.5. The number of fused-ring (bicyclic) bond motifs is 2. The molecule has 0 spiro atoms. The second-order valence-electron chi connectivity index (χ2n) is 8.37. The van der Waals surface area contributed by atoms with Crippen LogP contribution in [-0.4, -0.2) is 30.9 Å². The number of unbranched alkanes of at least 4 members (excludes halogenated alkanes) is 2. The average molecular weight is 433 g/mol. The second kappa shape index (κ2) is 9.72. The molecule has 0 saturated carbocycles. The van der Waals surface area contributed by atoms with Crippen molar-refractivity contribution in [2.75, 3.05) is 0 Å². The van der Waals surface area contributed by atoms with Crippen LogP contribution in [0.2, 0.25) is 0 Å². The minimum atomic E-state index is -0.165. The highest BCUT2D eigenvalue weighted by Gasteiger charge is 2.21. The molecule has 0 saturated heterocycles. The molecule has 2 aromatic carbocycles. The van der Waals surface area contributed by atoms with Crippen LogP contribution in [0, 0.1) is 5.92 Å². The van der Waals surface area contributed by atoms with Crippen LogP contribution in [0.25, 0.3) is 21.9 Å². The van der Waals surface area contributed by atoms with Crippen LogP contribution in [0.3, 0.4) is 0 Å². The van der Waals surface area contributed by atoms with E-state index < -0.39 is 0 Å². The number of hydrogen-bond donors (Lipinski definition) is 2. The summed E-state index contributed by atoms with van der Waals surface area (Å²) in [5, 5.41) is 11.8. The number of carbonyl (C=O) groups excluding carboxylic acids is 1. The van der Waals surface area contributed by atoms with Gasteiger partial charge >= 0.3 is 0 Å². The van der Waals surface area contributed by atoms with E-state index in [1.165, 1.54) is 4.68 Å². The molecule has 4 rings (SSSR count). The van der Waals surface area contributed by atoms with Gasteiger partial charge in [-0.05, 0) is 43.0 Å². The number of aryl methyl sites for hydroxylation is 1. The number of aromatic nitrogens is 5. The molecule has 0 radical (unpaired) electrons. The molecule has 0 aliphatic carbocycles. The van der Waals surface area contributed by atoms with Gasteiger partial charge in [-0.1, -0.05) is 49.7 Å². The summed E-state index contributed by atoms with van der Waals surface area (Å²) in [6.07, 6.45) is 2.76. The topological polar surface area (TPSA) is 106 Å². The van der Waals surface area contributed by atoms with Gasteiger partial charge in [0.05, 0.1) is 22.5 Å². The van der Waals surface area contributed by atoms with Crippen molar-refractivity contribution >= 4 is 27.8 Å². The molecule has 0 fully saturated rings. The lowest BCUT2D eigenvalue weighted by Gasteiger charge is -2.20. The summed E-state index contributed by atoms with van der Waals surface area (Å²) in [7, 11) is 0. The zero-order chi connectivity index (χ0) is 22.5. The third kappa shape index (κ3) is 4.85. The number of para-hydroxylation sites is 2. The third-order valence-electron chi connectivity index (χ3n) is 5.59. The van der Waals surface area contributed by atoms with Crippen LogP contribution in [0.4, 0.5) is 0 Å². The maximum absolute atomic E-state index is 12.5. The van der Waals surface area contributed by atoms with Gasteiger partial charge in [-0.25, -0.2) is 9.67 Å². The highest BCUT2D eigenvalue weighted by atomic mass is 16.1. The molecule has 8 nitrogen and oxygen atoms in total. The monoisotopic (exact) mass is 432 g/mol. The summed E-state index contributed by atoms with van der Waals surface area (Å²) in [5.41, 5.74) is 2.34. The lowest BCUT2D eigenvalue weighted by atomic mass is 10.0.